The fraction of sp³-hybridized carbons (Fsp3) is 0.636. The standard InChI is InChI=1S/C22H34FN5O3/c1-3-24-22(25-16-18(2)31-20-7-5-4-6-19(20)23)28-10-8-26(9-11-28)17-21(29)27-12-14-30-15-13-27/h4-7,18H,3,8-17H2,1-2H3,(H,24,25). The smallest absolute Gasteiger partial charge is 0.236 e. The lowest BCUT2D eigenvalue weighted by atomic mass is 10.3. The van der Waals surface area contributed by atoms with Gasteiger partial charge >= 0.3 is 0 Å². The summed E-state index contributed by atoms with van der Waals surface area (Å²) < 4.78 is 24.8. The highest BCUT2D eigenvalue weighted by atomic mass is 19.1. The minimum Gasteiger partial charge on any atom is -0.486 e. The quantitative estimate of drug-likeness (QED) is 0.510. The summed E-state index contributed by atoms with van der Waals surface area (Å²) in [6, 6.07) is 6.40. The van der Waals surface area contributed by atoms with Gasteiger partial charge in [-0.1, -0.05) is 12.1 Å². The number of morpholine rings is 1. The molecule has 2 heterocycles. The van der Waals surface area contributed by atoms with Crippen LogP contribution in [0.15, 0.2) is 29.3 Å². The van der Waals surface area contributed by atoms with Gasteiger partial charge in [-0.25, -0.2) is 9.38 Å². The van der Waals surface area contributed by atoms with Crippen LogP contribution in [0, 0.1) is 5.82 Å². The van der Waals surface area contributed by atoms with Crippen molar-refractivity contribution < 1.29 is 18.7 Å². The molecular weight excluding hydrogens is 401 g/mol. The Hall–Kier alpha value is -2.39. The number of guanidine groups is 1. The molecule has 0 saturated carbocycles. The van der Waals surface area contributed by atoms with Crippen molar-refractivity contribution in [1.29, 1.82) is 0 Å². The zero-order valence-electron chi connectivity index (χ0n) is 18.6. The van der Waals surface area contributed by atoms with E-state index in [1.807, 2.05) is 18.7 Å². The van der Waals surface area contributed by atoms with Gasteiger partial charge in [0.05, 0.1) is 26.3 Å². The minimum absolute atomic E-state index is 0.177. The van der Waals surface area contributed by atoms with Gasteiger partial charge in [-0.3, -0.25) is 9.69 Å². The van der Waals surface area contributed by atoms with Crippen molar-refractivity contribution >= 4 is 11.9 Å². The number of hydrogen-bond acceptors (Lipinski definition) is 5. The van der Waals surface area contributed by atoms with Crippen molar-refractivity contribution in [3.05, 3.63) is 30.1 Å². The molecule has 1 amide bonds. The molecule has 0 bridgehead atoms. The molecule has 1 N–H and O–H groups in total. The molecule has 1 aromatic rings. The third kappa shape index (κ3) is 7.07. The second-order valence-electron chi connectivity index (χ2n) is 7.81. The van der Waals surface area contributed by atoms with E-state index in [1.54, 1.807) is 18.2 Å². The third-order valence-electron chi connectivity index (χ3n) is 5.39. The molecule has 9 heteroatoms. The molecule has 3 rings (SSSR count). The summed E-state index contributed by atoms with van der Waals surface area (Å²) in [5.41, 5.74) is 0. The summed E-state index contributed by atoms with van der Waals surface area (Å²) >= 11 is 0. The van der Waals surface area contributed by atoms with E-state index in [4.69, 9.17) is 14.5 Å². The summed E-state index contributed by atoms with van der Waals surface area (Å²) in [6.45, 7) is 11.4. The first kappa shape index (κ1) is 23.3. The largest absolute Gasteiger partial charge is 0.486 e. The molecule has 0 radical (unpaired) electrons. The fourth-order valence-electron chi connectivity index (χ4n) is 3.66. The molecule has 31 heavy (non-hydrogen) atoms. The predicted octanol–water partition coefficient (Wildman–Crippen LogP) is 1.03. The number of piperazine rings is 1. The Morgan fingerprint density at radius 1 is 1.16 bits per heavy atom. The van der Waals surface area contributed by atoms with Gasteiger partial charge in [-0.05, 0) is 26.0 Å². The van der Waals surface area contributed by atoms with Crippen molar-refractivity contribution in [2.45, 2.75) is 20.0 Å². The molecule has 0 aliphatic carbocycles. The van der Waals surface area contributed by atoms with Crippen LogP contribution in [0.2, 0.25) is 0 Å². The van der Waals surface area contributed by atoms with Crippen LogP contribution < -0.4 is 10.1 Å². The van der Waals surface area contributed by atoms with E-state index in [1.165, 1.54) is 6.07 Å². The lowest BCUT2D eigenvalue weighted by molar-refractivity contribution is -0.136. The molecule has 172 valence electrons. The lowest BCUT2D eigenvalue weighted by Gasteiger charge is -2.37. The van der Waals surface area contributed by atoms with Crippen LogP contribution in [0.25, 0.3) is 0 Å². The maximum Gasteiger partial charge on any atom is 0.236 e. The lowest BCUT2D eigenvalue weighted by Crippen LogP contribution is -2.55. The molecule has 0 spiro atoms. The molecule has 2 fully saturated rings. The van der Waals surface area contributed by atoms with Crippen LogP contribution in [-0.4, -0.2) is 105 Å². The van der Waals surface area contributed by atoms with Crippen LogP contribution >= 0.6 is 0 Å². The van der Waals surface area contributed by atoms with Gasteiger partial charge in [0.1, 0.15) is 6.10 Å². The van der Waals surface area contributed by atoms with Gasteiger partial charge in [0.2, 0.25) is 5.91 Å². The van der Waals surface area contributed by atoms with E-state index < -0.39 is 0 Å². The van der Waals surface area contributed by atoms with Gasteiger partial charge in [-0.15, -0.1) is 0 Å². The van der Waals surface area contributed by atoms with E-state index in [2.05, 4.69) is 15.1 Å². The molecule has 2 saturated heterocycles. The Morgan fingerprint density at radius 2 is 1.87 bits per heavy atom. The van der Waals surface area contributed by atoms with Gasteiger partial charge < -0.3 is 24.6 Å². The Morgan fingerprint density at radius 3 is 2.55 bits per heavy atom. The Balaban J connectivity index is 1.47. The van der Waals surface area contributed by atoms with Gasteiger partial charge in [-0.2, -0.15) is 0 Å². The monoisotopic (exact) mass is 435 g/mol. The number of rotatable bonds is 7. The highest BCUT2D eigenvalue weighted by Gasteiger charge is 2.24. The van der Waals surface area contributed by atoms with Crippen LogP contribution in [0.1, 0.15) is 13.8 Å². The topological polar surface area (TPSA) is 69.6 Å². The van der Waals surface area contributed by atoms with Crippen molar-refractivity contribution in [1.82, 2.24) is 20.0 Å². The number of nitrogens with one attached hydrogen (secondary N) is 1. The molecule has 1 atom stereocenters. The van der Waals surface area contributed by atoms with E-state index in [-0.39, 0.29) is 23.6 Å². The predicted molar refractivity (Wildman–Crippen MR) is 118 cm³/mol. The molecule has 1 unspecified atom stereocenters. The number of nitrogens with zero attached hydrogens (tertiary/aromatic N) is 4. The second-order valence-corrected chi connectivity index (χ2v) is 7.81. The minimum atomic E-state index is -0.368. The third-order valence-corrected chi connectivity index (χ3v) is 5.39. The summed E-state index contributed by atoms with van der Waals surface area (Å²) in [5, 5.41) is 3.33. The van der Waals surface area contributed by atoms with E-state index in [0.717, 1.165) is 38.7 Å². The van der Waals surface area contributed by atoms with E-state index in [0.29, 0.717) is 39.4 Å². The van der Waals surface area contributed by atoms with E-state index in [9.17, 15) is 9.18 Å². The van der Waals surface area contributed by atoms with Crippen molar-refractivity contribution in [3.63, 3.8) is 0 Å². The van der Waals surface area contributed by atoms with Crippen LogP contribution in [0.3, 0.4) is 0 Å². The number of para-hydroxylation sites is 1. The number of carbonyl (C=O) groups is 1. The summed E-state index contributed by atoms with van der Waals surface area (Å²) in [7, 11) is 0. The Bertz CT molecular complexity index is 734. The summed E-state index contributed by atoms with van der Waals surface area (Å²) in [6.07, 6.45) is -0.252. The SMILES string of the molecule is CCNC(=NCC(C)Oc1ccccc1F)N1CCN(CC(=O)N2CCOCC2)CC1. The van der Waals surface area contributed by atoms with E-state index >= 15 is 0 Å². The molecule has 2 aliphatic rings. The van der Waals surface area contributed by atoms with Gasteiger partial charge in [0.15, 0.2) is 17.5 Å². The average Bonchev–Trinajstić information content (AvgIpc) is 2.79. The van der Waals surface area contributed by atoms with Crippen molar-refractivity contribution in [2.75, 3.05) is 72.1 Å². The van der Waals surface area contributed by atoms with Crippen molar-refractivity contribution in [2.24, 2.45) is 4.99 Å². The first-order valence-electron chi connectivity index (χ1n) is 11.1. The molecule has 1 aromatic carbocycles. The first-order valence-corrected chi connectivity index (χ1v) is 11.1. The number of carbonyl (C=O) groups excluding carboxylic acids is 1. The Labute approximate surface area is 184 Å². The molecule has 2 aliphatic heterocycles. The number of aliphatic imine (C=N–C) groups is 1. The summed E-state index contributed by atoms with van der Waals surface area (Å²) in [5.74, 6) is 0.879. The summed E-state index contributed by atoms with van der Waals surface area (Å²) in [4.78, 5) is 23.5. The molecule has 8 nitrogen and oxygen atoms in total. The first-order chi connectivity index (χ1) is 15.1. The Kier molecular flexibility index (Phi) is 8.90. The van der Waals surface area contributed by atoms with Gasteiger partial charge in [0.25, 0.3) is 0 Å². The van der Waals surface area contributed by atoms with Crippen LogP contribution in [-0.2, 0) is 9.53 Å². The zero-order chi connectivity index (χ0) is 22.1. The zero-order valence-corrected chi connectivity index (χ0v) is 18.6. The highest BCUT2D eigenvalue weighted by molar-refractivity contribution is 5.80. The van der Waals surface area contributed by atoms with Crippen molar-refractivity contribution in [3.8, 4) is 5.75 Å². The maximum atomic E-state index is 13.8. The second kappa shape index (κ2) is 11.9. The van der Waals surface area contributed by atoms with Crippen LogP contribution in [0.4, 0.5) is 4.39 Å². The normalized spacial score (nSPS) is 19.3. The fourth-order valence-corrected chi connectivity index (χ4v) is 3.66. The number of amides is 1. The molecular formula is C22H34FN5O3. The number of ether oxygens (including phenoxy) is 2. The number of benzene rings is 1. The number of halogens is 1. The number of hydrogen-bond donors (Lipinski definition) is 1. The highest BCUT2D eigenvalue weighted by Crippen LogP contribution is 2.17. The molecule has 0 aromatic heterocycles. The maximum absolute atomic E-state index is 13.8. The average molecular weight is 436 g/mol. The van der Waals surface area contributed by atoms with Gasteiger partial charge in [0, 0.05) is 45.8 Å². The van der Waals surface area contributed by atoms with Crippen LogP contribution in [0.5, 0.6) is 5.75 Å².